The average molecular weight is 503 g/mol. The van der Waals surface area contributed by atoms with Crippen molar-refractivity contribution in [3.05, 3.63) is 67.3 Å². The molecule has 2 N–H and O–H groups in total. The van der Waals surface area contributed by atoms with Crippen molar-refractivity contribution >= 4 is 17.7 Å². The number of nitrogens with two attached hydrogens (primary N) is 1. The number of methoxy groups -OCH3 is 1. The maximum atomic E-state index is 12.8. The van der Waals surface area contributed by atoms with Crippen LogP contribution in [0.5, 0.6) is 0 Å². The summed E-state index contributed by atoms with van der Waals surface area (Å²) < 4.78 is 7.09. The lowest BCUT2D eigenvalue weighted by molar-refractivity contribution is -0.161. The molecule has 0 saturated carbocycles. The van der Waals surface area contributed by atoms with Gasteiger partial charge in [-0.1, -0.05) is 46.7 Å². The van der Waals surface area contributed by atoms with E-state index in [-0.39, 0.29) is 18.2 Å². The van der Waals surface area contributed by atoms with Gasteiger partial charge in [-0.3, -0.25) is 4.79 Å². The molecule has 1 heterocycles. The molecule has 0 aliphatic heterocycles. The molecule has 3 unspecified atom stereocenters. The quantitative estimate of drug-likeness (QED) is 0.478. The third-order valence-electron chi connectivity index (χ3n) is 7.25. The van der Waals surface area contributed by atoms with Gasteiger partial charge in [0.2, 0.25) is 0 Å². The van der Waals surface area contributed by atoms with Crippen LogP contribution in [-0.4, -0.2) is 39.5 Å². The van der Waals surface area contributed by atoms with Crippen LogP contribution in [0.3, 0.4) is 0 Å². The normalized spacial score (nSPS) is 21.7. The number of ether oxygens (including phenoxy) is 1. The lowest BCUT2D eigenvalue weighted by Gasteiger charge is -2.36. The van der Waals surface area contributed by atoms with Crippen molar-refractivity contribution < 1.29 is 9.68 Å². The van der Waals surface area contributed by atoms with Crippen LogP contribution in [0.1, 0.15) is 62.6 Å². The van der Waals surface area contributed by atoms with E-state index in [1.54, 1.807) is 7.11 Å². The van der Waals surface area contributed by atoms with Crippen molar-refractivity contribution in [2.45, 2.75) is 76.5 Å². The third-order valence-corrected chi connectivity index (χ3v) is 7.60. The van der Waals surface area contributed by atoms with Gasteiger partial charge in [-0.2, -0.15) is 5.90 Å². The molecule has 3 aliphatic rings. The average Bonchev–Trinajstić information content (AvgIpc) is 2.90. The first-order chi connectivity index (χ1) is 17.0. The summed E-state index contributed by atoms with van der Waals surface area (Å²) >= 11 is 6.13. The zero-order valence-electron chi connectivity index (χ0n) is 20.1. The van der Waals surface area contributed by atoms with Crippen molar-refractivity contribution in [2.24, 2.45) is 11.8 Å². The van der Waals surface area contributed by atoms with E-state index in [1.165, 1.54) is 10.3 Å². The Morgan fingerprint density at radius 1 is 1.31 bits per heavy atom. The molecule has 3 atom stereocenters. The van der Waals surface area contributed by atoms with E-state index in [2.05, 4.69) is 33.5 Å². The number of aryl methyl sites for hydroxylation is 1. The Morgan fingerprint density at radius 2 is 2.17 bits per heavy atom. The van der Waals surface area contributed by atoms with Crippen LogP contribution in [0, 0.1) is 11.1 Å². The summed E-state index contributed by atoms with van der Waals surface area (Å²) in [7, 11) is 1.64. The molecule has 0 fully saturated rings. The first-order valence-corrected chi connectivity index (χ1v) is 12.6. The molecule has 0 bridgehead atoms. The third kappa shape index (κ3) is 6.35. The maximum absolute atomic E-state index is 12.8. The first kappa shape index (κ1) is 25.9. The molecule has 1 aromatic heterocycles. The summed E-state index contributed by atoms with van der Waals surface area (Å²) in [4.78, 5) is 17.3. The fraction of sp³-hybridized carbons (Fsp3) is 0.560. The van der Waals surface area contributed by atoms with Gasteiger partial charge in [0.15, 0.2) is 0 Å². The number of halogens is 1. The molecule has 1 aromatic rings. The van der Waals surface area contributed by atoms with E-state index in [0.29, 0.717) is 41.7 Å². The lowest BCUT2D eigenvalue weighted by atomic mass is 9.81. The summed E-state index contributed by atoms with van der Waals surface area (Å²) in [5, 5.41) is 21.9. The van der Waals surface area contributed by atoms with Gasteiger partial charge in [0.05, 0.1) is 11.8 Å². The Labute approximate surface area is 210 Å². The molecular weight excluding hydrogens is 470 g/mol. The number of aromatic nitrogens is 3. The van der Waals surface area contributed by atoms with E-state index in [1.807, 2.05) is 12.2 Å². The van der Waals surface area contributed by atoms with Crippen LogP contribution < -0.4 is 11.5 Å². The molecule has 35 heavy (non-hydrogen) atoms. The summed E-state index contributed by atoms with van der Waals surface area (Å²) in [6, 6.07) is -0.619. The Balaban J connectivity index is 1.42. The van der Waals surface area contributed by atoms with Crippen LogP contribution >= 0.6 is 11.6 Å². The zero-order valence-corrected chi connectivity index (χ0v) is 20.8. The van der Waals surface area contributed by atoms with Gasteiger partial charge >= 0.3 is 0 Å². The van der Waals surface area contributed by atoms with E-state index >= 15 is 0 Å². The molecule has 190 valence electrons. The number of hydrogen-bond donors (Lipinski definition) is 1. The van der Waals surface area contributed by atoms with E-state index in [4.69, 9.17) is 22.2 Å². The maximum Gasteiger partial charge on any atom is 0.273 e. The number of nitrogens with zero attached hydrogens (tertiary/aromatic N) is 4. The molecule has 0 aromatic carbocycles. The van der Waals surface area contributed by atoms with Gasteiger partial charge in [-0.15, -0.1) is 5.10 Å². The summed E-state index contributed by atoms with van der Waals surface area (Å²) in [5.41, 5.74) is 3.69. The highest BCUT2D eigenvalue weighted by atomic mass is 35.5. The van der Waals surface area contributed by atoms with Gasteiger partial charge in [0.25, 0.3) is 5.56 Å². The monoisotopic (exact) mass is 502 g/mol. The minimum absolute atomic E-state index is 0.168. The molecule has 0 spiro atoms. The molecule has 10 heteroatoms. The van der Waals surface area contributed by atoms with E-state index < -0.39 is 6.04 Å². The van der Waals surface area contributed by atoms with Crippen LogP contribution in [0.25, 0.3) is 6.08 Å². The molecule has 0 amide bonds. The standard InChI is InChI=1S/C25H33ClN5O4/c1-34-24(19-8-6-17(7-9-19)18-10-12-20(26)13-11-18)16-21(31(33)35-27)14-15-30-25(32)22-4-2-3-5-23(22)28-29-30/h3,5-6,8,12,18,21,24H,2,4,7,9-11,13-16,27H2,1H3/q-1. The minimum atomic E-state index is -0.619. The fourth-order valence-electron chi connectivity index (χ4n) is 5.14. The van der Waals surface area contributed by atoms with Crippen LogP contribution in [0.2, 0.25) is 0 Å². The van der Waals surface area contributed by atoms with Crippen molar-refractivity contribution in [2.75, 3.05) is 7.11 Å². The topological polar surface area (TPSA) is 119 Å². The van der Waals surface area contributed by atoms with Gasteiger partial charge in [0, 0.05) is 30.3 Å². The van der Waals surface area contributed by atoms with Gasteiger partial charge in [0.1, 0.15) is 0 Å². The summed E-state index contributed by atoms with van der Waals surface area (Å²) in [5.74, 6) is 5.74. The number of hydrogen-bond acceptors (Lipinski definition) is 8. The SMILES string of the molecule is COC(CC(CCn1nnc2c(c1=O)CCC=C2)N([O-])ON)C1=CC=C(C2CC=C(Cl)CC2)CC1. The largest absolute Gasteiger partial charge is 0.760 e. The molecule has 9 nitrogen and oxygen atoms in total. The summed E-state index contributed by atoms with van der Waals surface area (Å²) in [6.07, 6.45) is 17.0. The van der Waals surface area contributed by atoms with E-state index in [9.17, 15) is 10.0 Å². The van der Waals surface area contributed by atoms with Crippen LogP contribution in [0.15, 0.2) is 45.3 Å². The second-order valence-electron chi connectivity index (χ2n) is 9.32. The highest BCUT2D eigenvalue weighted by Crippen LogP contribution is 2.36. The molecular formula is C25H33ClN5O4-. The van der Waals surface area contributed by atoms with Crippen LogP contribution in [0.4, 0.5) is 0 Å². The van der Waals surface area contributed by atoms with Crippen molar-refractivity contribution in [3.63, 3.8) is 0 Å². The Morgan fingerprint density at radius 3 is 2.86 bits per heavy atom. The summed E-state index contributed by atoms with van der Waals surface area (Å²) in [6.45, 7) is 0.229. The zero-order chi connectivity index (χ0) is 24.8. The molecule has 0 saturated heterocycles. The van der Waals surface area contributed by atoms with Crippen molar-refractivity contribution in [3.8, 4) is 0 Å². The minimum Gasteiger partial charge on any atom is -0.760 e. The van der Waals surface area contributed by atoms with Gasteiger partial charge in [-0.05, 0) is 75.4 Å². The number of allylic oxidation sites excluding steroid dienone is 6. The van der Waals surface area contributed by atoms with Gasteiger partial charge in [-0.25, -0.2) is 14.8 Å². The van der Waals surface area contributed by atoms with Crippen molar-refractivity contribution in [1.29, 1.82) is 0 Å². The predicted molar refractivity (Wildman–Crippen MR) is 135 cm³/mol. The lowest BCUT2D eigenvalue weighted by Crippen LogP contribution is -2.39. The smallest absolute Gasteiger partial charge is 0.273 e. The number of fused-ring (bicyclic) bond motifs is 1. The molecule has 0 radical (unpaired) electrons. The highest BCUT2D eigenvalue weighted by molar-refractivity contribution is 6.29. The fourth-order valence-corrected chi connectivity index (χ4v) is 5.33. The highest BCUT2D eigenvalue weighted by Gasteiger charge is 2.25. The number of hydroxylamine groups is 2. The predicted octanol–water partition coefficient (Wildman–Crippen LogP) is 3.94. The van der Waals surface area contributed by atoms with Crippen LogP contribution in [-0.2, 0) is 22.6 Å². The second-order valence-corrected chi connectivity index (χ2v) is 9.81. The Kier molecular flexibility index (Phi) is 9.04. The number of rotatable bonds is 10. The molecule has 4 rings (SSSR count). The van der Waals surface area contributed by atoms with E-state index in [0.717, 1.165) is 49.1 Å². The Hall–Kier alpha value is -2.14. The second kappa shape index (κ2) is 12.2. The molecule has 3 aliphatic carbocycles. The van der Waals surface area contributed by atoms with Gasteiger partial charge < -0.3 is 9.94 Å². The Bertz CT molecular complexity index is 1080. The first-order valence-electron chi connectivity index (χ1n) is 12.2. The van der Waals surface area contributed by atoms with Crippen molar-refractivity contribution in [1.82, 2.24) is 20.2 Å².